The summed E-state index contributed by atoms with van der Waals surface area (Å²) in [5.74, 6) is -0.281. The molecule has 1 N–H and O–H groups in total. The van der Waals surface area contributed by atoms with E-state index in [1.807, 2.05) is 24.3 Å². The summed E-state index contributed by atoms with van der Waals surface area (Å²) in [6.45, 7) is 7.71. The van der Waals surface area contributed by atoms with Crippen LogP contribution in [0.1, 0.15) is 38.8 Å². The fourth-order valence-electron chi connectivity index (χ4n) is 2.60. The van der Waals surface area contributed by atoms with Gasteiger partial charge in [-0.15, -0.1) is 0 Å². The van der Waals surface area contributed by atoms with Gasteiger partial charge in [-0.1, -0.05) is 57.2 Å². The van der Waals surface area contributed by atoms with Gasteiger partial charge in [-0.2, -0.15) is 0 Å². The van der Waals surface area contributed by atoms with Crippen molar-refractivity contribution in [3.63, 3.8) is 0 Å². The summed E-state index contributed by atoms with van der Waals surface area (Å²) in [5.41, 5.74) is 2.24. The average molecular weight is 390 g/mol. The molecule has 1 amide bonds. The lowest BCUT2D eigenvalue weighted by Crippen LogP contribution is -2.33. The molecule has 6 heteroatoms. The molecule has 0 aromatic heterocycles. The summed E-state index contributed by atoms with van der Waals surface area (Å²) < 4.78 is 30.5. The molecule has 2 aromatic rings. The SMILES string of the molecule is COc1ccccc1NC(=O)C(C)S(=O)(=O)Cc1ccc(C(C)(C)C)cc1. The van der Waals surface area contributed by atoms with E-state index in [2.05, 4.69) is 26.1 Å². The Bertz CT molecular complexity index is 897. The van der Waals surface area contributed by atoms with Crippen LogP contribution >= 0.6 is 0 Å². The number of para-hydroxylation sites is 2. The summed E-state index contributed by atoms with van der Waals surface area (Å²) >= 11 is 0. The maximum absolute atomic E-state index is 12.7. The van der Waals surface area contributed by atoms with Crippen molar-refractivity contribution in [2.45, 2.75) is 44.1 Å². The lowest BCUT2D eigenvalue weighted by molar-refractivity contribution is -0.115. The summed E-state index contributed by atoms with van der Waals surface area (Å²) in [6, 6.07) is 14.4. The van der Waals surface area contributed by atoms with Gasteiger partial charge < -0.3 is 10.1 Å². The van der Waals surface area contributed by atoms with Gasteiger partial charge in [0.2, 0.25) is 5.91 Å². The van der Waals surface area contributed by atoms with Crippen LogP contribution in [0.5, 0.6) is 5.75 Å². The molecule has 0 saturated heterocycles. The van der Waals surface area contributed by atoms with Crippen LogP contribution in [0.2, 0.25) is 0 Å². The largest absolute Gasteiger partial charge is 0.495 e. The summed E-state index contributed by atoms with van der Waals surface area (Å²) in [6.07, 6.45) is 0. The van der Waals surface area contributed by atoms with Crippen molar-refractivity contribution in [3.8, 4) is 5.75 Å². The Balaban J connectivity index is 2.12. The van der Waals surface area contributed by atoms with Crippen molar-refractivity contribution >= 4 is 21.4 Å². The second-order valence-electron chi connectivity index (χ2n) is 7.59. The fourth-order valence-corrected chi connectivity index (χ4v) is 3.90. The van der Waals surface area contributed by atoms with Crippen LogP contribution in [-0.2, 0) is 25.8 Å². The highest BCUT2D eigenvalue weighted by Crippen LogP contribution is 2.25. The number of nitrogens with one attached hydrogen (secondary N) is 1. The molecule has 0 radical (unpaired) electrons. The van der Waals surface area contributed by atoms with Gasteiger partial charge in [-0.3, -0.25) is 4.79 Å². The predicted octanol–water partition coefficient (Wildman–Crippen LogP) is 3.93. The number of anilines is 1. The molecule has 2 aromatic carbocycles. The molecule has 1 atom stereocenters. The van der Waals surface area contributed by atoms with Crippen molar-refractivity contribution in [3.05, 3.63) is 59.7 Å². The molecule has 0 heterocycles. The van der Waals surface area contributed by atoms with Gasteiger partial charge in [0.1, 0.15) is 11.0 Å². The Morgan fingerprint density at radius 3 is 2.22 bits per heavy atom. The number of hydrogen-bond donors (Lipinski definition) is 1. The Morgan fingerprint density at radius 1 is 1.07 bits per heavy atom. The van der Waals surface area contributed by atoms with E-state index in [1.54, 1.807) is 24.3 Å². The number of hydrogen-bond acceptors (Lipinski definition) is 4. The number of carbonyl (C=O) groups is 1. The van der Waals surface area contributed by atoms with E-state index >= 15 is 0 Å². The van der Waals surface area contributed by atoms with Gasteiger partial charge in [0, 0.05) is 0 Å². The second-order valence-corrected chi connectivity index (χ2v) is 9.91. The molecule has 5 nitrogen and oxygen atoms in total. The number of methoxy groups -OCH3 is 1. The minimum Gasteiger partial charge on any atom is -0.495 e. The molecule has 27 heavy (non-hydrogen) atoms. The van der Waals surface area contributed by atoms with Gasteiger partial charge >= 0.3 is 0 Å². The van der Waals surface area contributed by atoms with Crippen LogP contribution in [0.25, 0.3) is 0 Å². The first kappa shape index (κ1) is 21.0. The summed E-state index contributed by atoms with van der Waals surface area (Å²) in [7, 11) is -2.16. The number of amides is 1. The number of ether oxygens (including phenoxy) is 1. The molecular formula is C21H27NO4S. The molecule has 0 aliphatic rings. The van der Waals surface area contributed by atoms with Gasteiger partial charge in [-0.25, -0.2) is 8.42 Å². The van der Waals surface area contributed by atoms with Crippen LogP contribution in [0, 0.1) is 0 Å². The Hall–Kier alpha value is -2.34. The van der Waals surface area contributed by atoms with Crippen LogP contribution in [0.4, 0.5) is 5.69 Å². The van der Waals surface area contributed by atoms with E-state index in [1.165, 1.54) is 14.0 Å². The minimum absolute atomic E-state index is 0.000672. The molecule has 0 spiro atoms. The molecule has 0 bridgehead atoms. The minimum atomic E-state index is -3.65. The number of benzene rings is 2. The molecule has 1 unspecified atom stereocenters. The molecule has 0 saturated carbocycles. The Morgan fingerprint density at radius 2 is 1.67 bits per heavy atom. The monoisotopic (exact) mass is 389 g/mol. The van der Waals surface area contributed by atoms with E-state index in [-0.39, 0.29) is 11.2 Å². The Labute approximate surface area is 161 Å². The number of rotatable bonds is 6. The summed E-state index contributed by atoms with van der Waals surface area (Å²) in [4.78, 5) is 12.5. The highest BCUT2D eigenvalue weighted by atomic mass is 32.2. The lowest BCUT2D eigenvalue weighted by atomic mass is 9.87. The van der Waals surface area contributed by atoms with Gasteiger partial charge in [0.15, 0.2) is 9.84 Å². The maximum Gasteiger partial charge on any atom is 0.242 e. The van der Waals surface area contributed by atoms with Crippen molar-refractivity contribution in [1.29, 1.82) is 0 Å². The van der Waals surface area contributed by atoms with Crippen LogP contribution in [0.3, 0.4) is 0 Å². The van der Waals surface area contributed by atoms with E-state index in [9.17, 15) is 13.2 Å². The topological polar surface area (TPSA) is 72.5 Å². The van der Waals surface area contributed by atoms with E-state index in [4.69, 9.17) is 4.74 Å². The highest BCUT2D eigenvalue weighted by Gasteiger charge is 2.29. The maximum atomic E-state index is 12.7. The zero-order chi connectivity index (χ0) is 20.2. The molecular weight excluding hydrogens is 362 g/mol. The highest BCUT2D eigenvalue weighted by molar-refractivity contribution is 7.92. The molecule has 146 valence electrons. The Kier molecular flexibility index (Phi) is 6.31. The zero-order valence-electron chi connectivity index (χ0n) is 16.4. The van der Waals surface area contributed by atoms with Crippen molar-refractivity contribution in [1.82, 2.24) is 0 Å². The van der Waals surface area contributed by atoms with Gasteiger partial charge in [0.05, 0.1) is 18.6 Å². The van der Waals surface area contributed by atoms with Gasteiger partial charge in [0.25, 0.3) is 0 Å². The van der Waals surface area contributed by atoms with Crippen LogP contribution in [-0.4, -0.2) is 26.7 Å². The smallest absolute Gasteiger partial charge is 0.242 e. The number of carbonyl (C=O) groups excluding carboxylic acids is 1. The van der Waals surface area contributed by atoms with E-state index < -0.39 is 21.0 Å². The first-order valence-corrected chi connectivity index (χ1v) is 10.5. The van der Waals surface area contributed by atoms with Crippen LogP contribution < -0.4 is 10.1 Å². The third-order valence-electron chi connectivity index (χ3n) is 4.46. The molecule has 0 fully saturated rings. The van der Waals surface area contributed by atoms with Crippen LogP contribution in [0.15, 0.2) is 48.5 Å². The second kappa shape index (κ2) is 8.13. The standard InChI is InChI=1S/C21H27NO4S/c1-15(20(23)22-18-8-6-7-9-19(18)26-5)27(24,25)14-16-10-12-17(13-11-16)21(2,3)4/h6-13,15H,14H2,1-5H3,(H,22,23). The first-order valence-electron chi connectivity index (χ1n) is 8.79. The van der Waals surface area contributed by atoms with Crippen molar-refractivity contribution in [2.24, 2.45) is 0 Å². The van der Waals surface area contributed by atoms with Crippen molar-refractivity contribution in [2.75, 3.05) is 12.4 Å². The normalized spacial score (nSPS) is 13.1. The predicted molar refractivity (Wildman–Crippen MR) is 109 cm³/mol. The first-order chi connectivity index (χ1) is 12.5. The van der Waals surface area contributed by atoms with E-state index in [0.29, 0.717) is 17.0 Å². The third-order valence-corrected chi connectivity index (χ3v) is 6.49. The molecule has 0 aliphatic carbocycles. The van der Waals surface area contributed by atoms with Crippen molar-refractivity contribution < 1.29 is 17.9 Å². The third kappa shape index (κ3) is 5.32. The molecule has 0 aliphatic heterocycles. The lowest BCUT2D eigenvalue weighted by Gasteiger charge is -2.19. The van der Waals surface area contributed by atoms with E-state index in [0.717, 1.165) is 5.56 Å². The zero-order valence-corrected chi connectivity index (χ0v) is 17.3. The molecule has 2 rings (SSSR count). The average Bonchev–Trinajstić information content (AvgIpc) is 2.60. The quantitative estimate of drug-likeness (QED) is 0.812. The number of sulfone groups is 1. The fraction of sp³-hybridized carbons (Fsp3) is 0.381. The summed E-state index contributed by atoms with van der Waals surface area (Å²) in [5, 5.41) is 1.46. The van der Waals surface area contributed by atoms with Gasteiger partial charge in [-0.05, 0) is 35.6 Å².